The van der Waals surface area contributed by atoms with E-state index in [1.807, 2.05) is 13.8 Å². The molecule has 0 bridgehead atoms. The van der Waals surface area contributed by atoms with Crippen LogP contribution in [0.4, 0.5) is 14.9 Å². The maximum Gasteiger partial charge on any atom is 0.321 e. The Morgan fingerprint density at radius 2 is 2.32 bits per heavy atom. The Kier molecular flexibility index (Phi) is 5.60. The van der Waals surface area contributed by atoms with Crippen molar-refractivity contribution >= 4 is 11.7 Å². The first kappa shape index (κ1) is 16.5. The predicted octanol–water partition coefficient (Wildman–Crippen LogP) is 2.85. The predicted molar refractivity (Wildman–Crippen MR) is 82.6 cm³/mol. The lowest BCUT2D eigenvalue weighted by molar-refractivity contribution is 0.136. The summed E-state index contributed by atoms with van der Waals surface area (Å²) < 4.78 is 19.0. The third-order valence-corrected chi connectivity index (χ3v) is 3.61. The van der Waals surface area contributed by atoms with Crippen LogP contribution >= 0.6 is 0 Å². The number of piperidine rings is 1. The van der Waals surface area contributed by atoms with Gasteiger partial charge in [0, 0.05) is 25.8 Å². The van der Waals surface area contributed by atoms with E-state index in [0.717, 1.165) is 12.8 Å². The Balaban J connectivity index is 2.08. The van der Waals surface area contributed by atoms with Gasteiger partial charge in [0.25, 0.3) is 0 Å². The maximum absolute atomic E-state index is 13.4. The summed E-state index contributed by atoms with van der Waals surface area (Å²) in [6, 6.07) is 3.77. The van der Waals surface area contributed by atoms with Gasteiger partial charge in [-0.05, 0) is 44.7 Å². The van der Waals surface area contributed by atoms with Gasteiger partial charge in [-0.15, -0.1) is 0 Å². The SMILES string of the molecule is CC(C)Oc1ccc(F)cc1NC(=O)N1CCCC(CO)C1. The van der Waals surface area contributed by atoms with Crippen LogP contribution in [0.2, 0.25) is 0 Å². The van der Waals surface area contributed by atoms with E-state index in [0.29, 0.717) is 24.5 Å². The lowest BCUT2D eigenvalue weighted by Crippen LogP contribution is -2.43. The van der Waals surface area contributed by atoms with Crippen molar-refractivity contribution in [2.45, 2.75) is 32.8 Å². The molecule has 22 heavy (non-hydrogen) atoms. The Labute approximate surface area is 130 Å². The second-order valence-electron chi connectivity index (χ2n) is 5.87. The molecule has 1 saturated heterocycles. The molecule has 5 nitrogen and oxygen atoms in total. The summed E-state index contributed by atoms with van der Waals surface area (Å²) in [7, 11) is 0. The maximum atomic E-state index is 13.4. The molecular weight excluding hydrogens is 287 g/mol. The van der Waals surface area contributed by atoms with E-state index in [1.165, 1.54) is 18.2 Å². The van der Waals surface area contributed by atoms with Crippen molar-refractivity contribution in [3.8, 4) is 5.75 Å². The third-order valence-electron chi connectivity index (χ3n) is 3.61. The van der Waals surface area contributed by atoms with Crippen molar-refractivity contribution in [3.63, 3.8) is 0 Å². The van der Waals surface area contributed by atoms with E-state index in [4.69, 9.17) is 4.74 Å². The molecule has 1 aliphatic rings. The smallest absolute Gasteiger partial charge is 0.321 e. The number of anilines is 1. The molecule has 0 aliphatic carbocycles. The molecule has 6 heteroatoms. The van der Waals surface area contributed by atoms with Crippen LogP contribution in [0.25, 0.3) is 0 Å². The van der Waals surface area contributed by atoms with Crippen LogP contribution in [0.15, 0.2) is 18.2 Å². The average molecular weight is 310 g/mol. The first-order valence-corrected chi connectivity index (χ1v) is 7.62. The number of carbonyl (C=O) groups is 1. The van der Waals surface area contributed by atoms with Crippen LogP contribution < -0.4 is 10.1 Å². The Hall–Kier alpha value is -1.82. The highest BCUT2D eigenvalue weighted by molar-refractivity contribution is 5.91. The van der Waals surface area contributed by atoms with E-state index < -0.39 is 5.82 Å². The van der Waals surface area contributed by atoms with Crippen LogP contribution in [0.5, 0.6) is 5.75 Å². The van der Waals surface area contributed by atoms with E-state index in [9.17, 15) is 14.3 Å². The fraction of sp³-hybridized carbons (Fsp3) is 0.562. The van der Waals surface area contributed by atoms with Crippen molar-refractivity contribution in [2.24, 2.45) is 5.92 Å². The molecule has 1 aromatic rings. The number of likely N-dealkylation sites (tertiary alicyclic amines) is 1. The lowest BCUT2D eigenvalue weighted by atomic mass is 9.99. The lowest BCUT2D eigenvalue weighted by Gasteiger charge is -2.32. The molecular formula is C16H23FN2O3. The highest BCUT2D eigenvalue weighted by atomic mass is 19.1. The van der Waals surface area contributed by atoms with Gasteiger partial charge in [0.2, 0.25) is 0 Å². The zero-order chi connectivity index (χ0) is 16.1. The zero-order valence-corrected chi connectivity index (χ0v) is 13.0. The second-order valence-corrected chi connectivity index (χ2v) is 5.87. The molecule has 1 atom stereocenters. The van der Waals surface area contributed by atoms with Crippen LogP contribution in [0, 0.1) is 11.7 Å². The number of hydrogen-bond donors (Lipinski definition) is 2. The standard InChI is InChI=1S/C16H23FN2O3/c1-11(2)22-15-6-5-13(17)8-14(15)18-16(21)19-7-3-4-12(9-19)10-20/h5-6,8,11-12,20H,3-4,7,9-10H2,1-2H3,(H,18,21). The van der Waals surface area contributed by atoms with Gasteiger partial charge in [0.1, 0.15) is 11.6 Å². The number of aliphatic hydroxyl groups is 1. The Bertz CT molecular complexity index is 522. The average Bonchev–Trinajstić information content (AvgIpc) is 2.49. The van der Waals surface area contributed by atoms with Gasteiger partial charge in [-0.25, -0.2) is 9.18 Å². The number of urea groups is 1. The van der Waals surface area contributed by atoms with E-state index in [1.54, 1.807) is 4.90 Å². The summed E-state index contributed by atoms with van der Waals surface area (Å²) in [5, 5.41) is 11.9. The number of hydrogen-bond acceptors (Lipinski definition) is 3. The van der Waals surface area contributed by atoms with Gasteiger partial charge in [0.15, 0.2) is 0 Å². The number of aliphatic hydroxyl groups excluding tert-OH is 1. The number of nitrogens with zero attached hydrogens (tertiary/aromatic N) is 1. The van der Waals surface area contributed by atoms with Crippen molar-refractivity contribution in [2.75, 3.05) is 25.0 Å². The van der Waals surface area contributed by atoms with Crippen LogP contribution in [0.1, 0.15) is 26.7 Å². The minimum absolute atomic E-state index is 0.0742. The first-order valence-electron chi connectivity index (χ1n) is 7.62. The van der Waals surface area contributed by atoms with E-state index in [-0.39, 0.29) is 24.7 Å². The van der Waals surface area contributed by atoms with Crippen molar-refractivity contribution in [3.05, 3.63) is 24.0 Å². The Morgan fingerprint density at radius 1 is 1.55 bits per heavy atom. The van der Waals surface area contributed by atoms with Gasteiger partial charge >= 0.3 is 6.03 Å². The minimum atomic E-state index is -0.432. The largest absolute Gasteiger partial charge is 0.489 e. The molecule has 2 N–H and O–H groups in total. The quantitative estimate of drug-likeness (QED) is 0.899. The number of halogens is 1. The summed E-state index contributed by atoms with van der Waals surface area (Å²) in [6.07, 6.45) is 1.70. The molecule has 0 spiro atoms. The monoisotopic (exact) mass is 310 g/mol. The summed E-state index contributed by atoms with van der Waals surface area (Å²) in [5.74, 6) is 0.122. The molecule has 0 radical (unpaired) electrons. The molecule has 1 heterocycles. The molecule has 1 fully saturated rings. The molecule has 2 rings (SSSR count). The number of ether oxygens (including phenoxy) is 1. The topological polar surface area (TPSA) is 61.8 Å². The van der Waals surface area contributed by atoms with Gasteiger partial charge in [0.05, 0.1) is 11.8 Å². The van der Waals surface area contributed by atoms with Crippen molar-refractivity contribution in [1.29, 1.82) is 0 Å². The molecule has 122 valence electrons. The molecule has 0 saturated carbocycles. The Morgan fingerprint density at radius 3 is 3.00 bits per heavy atom. The normalized spacial score (nSPS) is 18.4. The highest BCUT2D eigenvalue weighted by Crippen LogP contribution is 2.27. The van der Waals surface area contributed by atoms with Crippen molar-refractivity contribution in [1.82, 2.24) is 4.90 Å². The fourth-order valence-corrected chi connectivity index (χ4v) is 2.55. The molecule has 1 unspecified atom stereocenters. The molecule has 0 aromatic heterocycles. The second kappa shape index (κ2) is 7.45. The summed E-state index contributed by atoms with van der Waals surface area (Å²) >= 11 is 0. The number of benzene rings is 1. The molecule has 1 aromatic carbocycles. The van der Waals surface area contributed by atoms with Gasteiger partial charge in [-0.1, -0.05) is 0 Å². The number of rotatable bonds is 4. The summed E-state index contributed by atoms with van der Waals surface area (Å²) in [4.78, 5) is 14.0. The fourth-order valence-electron chi connectivity index (χ4n) is 2.55. The van der Waals surface area contributed by atoms with E-state index >= 15 is 0 Å². The first-order chi connectivity index (χ1) is 10.5. The van der Waals surface area contributed by atoms with Crippen LogP contribution in [-0.2, 0) is 0 Å². The number of carbonyl (C=O) groups excluding carboxylic acids is 1. The third kappa shape index (κ3) is 4.34. The zero-order valence-electron chi connectivity index (χ0n) is 13.0. The summed E-state index contributed by atoms with van der Waals surface area (Å²) in [5.41, 5.74) is 0.324. The van der Waals surface area contributed by atoms with Gasteiger partial charge < -0.3 is 20.1 Å². The highest BCUT2D eigenvalue weighted by Gasteiger charge is 2.24. The van der Waals surface area contributed by atoms with Gasteiger partial charge in [-0.3, -0.25) is 0 Å². The number of nitrogens with one attached hydrogen (secondary N) is 1. The van der Waals surface area contributed by atoms with Crippen LogP contribution in [0.3, 0.4) is 0 Å². The van der Waals surface area contributed by atoms with Crippen LogP contribution in [-0.4, -0.2) is 41.8 Å². The molecule has 1 aliphatic heterocycles. The molecule has 2 amide bonds. The number of amides is 2. The van der Waals surface area contributed by atoms with Crippen molar-refractivity contribution < 1.29 is 19.0 Å². The van der Waals surface area contributed by atoms with E-state index in [2.05, 4.69) is 5.32 Å². The summed E-state index contributed by atoms with van der Waals surface area (Å²) in [6.45, 7) is 4.96. The van der Waals surface area contributed by atoms with Gasteiger partial charge in [-0.2, -0.15) is 0 Å². The minimum Gasteiger partial charge on any atom is -0.489 e.